The molecule has 1 unspecified atom stereocenters. The normalized spacial score (nSPS) is 15.5. The second-order valence-electron chi connectivity index (χ2n) is 9.53. The Labute approximate surface area is 229 Å². The van der Waals surface area contributed by atoms with Crippen LogP contribution in [0.15, 0.2) is 41.3 Å². The Morgan fingerprint density at radius 2 is 1.82 bits per heavy atom. The Bertz CT molecular complexity index is 1360. The summed E-state index contributed by atoms with van der Waals surface area (Å²) in [5.74, 6) is 6.84. The summed E-state index contributed by atoms with van der Waals surface area (Å²) in [7, 11) is 5.09. The van der Waals surface area contributed by atoms with Crippen molar-refractivity contribution in [2.75, 3.05) is 57.8 Å². The van der Waals surface area contributed by atoms with Crippen molar-refractivity contribution in [1.82, 2.24) is 9.47 Å². The minimum Gasteiger partial charge on any atom is -0.612 e. The Morgan fingerprint density at radius 3 is 2.46 bits per heavy atom. The van der Waals surface area contributed by atoms with E-state index in [4.69, 9.17) is 9.47 Å². The SMILES string of the molecule is COc1cc(NC2CCN(C)CC2)c2cc(C#CCNc3ccc([S+](C)[O-])cc3OC)n(CC(F)(F)F)c2c1. The van der Waals surface area contributed by atoms with Gasteiger partial charge in [0.25, 0.3) is 0 Å². The summed E-state index contributed by atoms with van der Waals surface area (Å²) in [6.07, 6.45) is -0.970. The van der Waals surface area contributed by atoms with Crippen molar-refractivity contribution in [1.29, 1.82) is 0 Å². The van der Waals surface area contributed by atoms with E-state index < -0.39 is 23.9 Å². The molecule has 11 heteroatoms. The number of fused-ring (bicyclic) bond motifs is 1. The zero-order valence-corrected chi connectivity index (χ0v) is 23.3. The lowest BCUT2D eigenvalue weighted by molar-refractivity contribution is -0.140. The molecule has 1 saturated heterocycles. The molecule has 0 aliphatic carbocycles. The van der Waals surface area contributed by atoms with E-state index in [1.165, 1.54) is 18.8 Å². The fourth-order valence-electron chi connectivity index (χ4n) is 4.67. The third-order valence-electron chi connectivity index (χ3n) is 6.73. The molecule has 2 aromatic carbocycles. The number of alkyl halides is 3. The molecule has 39 heavy (non-hydrogen) atoms. The minimum absolute atomic E-state index is 0.169. The summed E-state index contributed by atoms with van der Waals surface area (Å²) < 4.78 is 64.7. The number of nitrogens with one attached hydrogen (secondary N) is 2. The molecular formula is C28H33F3N4O3S. The molecular weight excluding hydrogens is 529 g/mol. The lowest BCUT2D eigenvalue weighted by Crippen LogP contribution is -2.36. The van der Waals surface area contributed by atoms with Gasteiger partial charge in [0.15, 0.2) is 4.90 Å². The predicted octanol–water partition coefficient (Wildman–Crippen LogP) is 4.93. The van der Waals surface area contributed by atoms with Crippen LogP contribution >= 0.6 is 0 Å². The summed E-state index contributed by atoms with van der Waals surface area (Å²) in [5.41, 5.74) is 2.04. The summed E-state index contributed by atoms with van der Waals surface area (Å²) in [6, 6.07) is 10.5. The van der Waals surface area contributed by atoms with Crippen LogP contribution in [0.1, 0.15) is 18.5 Å². The summed E-state index contributed by atoms with van der Waals surface area (Å²) in [6.45, 7) is 0.904. The van der Waals surface area contributed by atoms with Gasteiger partial charge in [-0.15, -0.1) is 0 Å². The second-order valence-corrected chi connectivity index (χ2v) is 10.9. The standard InChI is InChI=1S/C28H33F3N4O3S/c1-34-12-9-19(10-13-34)33-25-15-21(37-2)16-26-23(25)14-20(35(26)18-28(29,30)31)6-5-11-32-24-8-7-22(39(4)36)17-27(24)38-3/h7-8,14-17,19,32-33H,9-13,18H2,1-4H3. The van der Waals surface area contributed by atoms with Gasteiger partial charge < -0.3 is 34.1 Å². The van der Waals surface area contributed by atoms with Crippen LogP contribution in [-0.2, 0) is 17.7 Å². The number of benzene rings is 2. The first-order valence-corrected chi connectivity index (χ1v) is 14.1. The summed E-state index contributed by atoms with van der Waals surface area (Å²) >= 11 is -1.16. The molecule has 0 saturated carbocycles. The molecule has 1 aliphatic heterocycles. The highest BCUT2D eigenvalue weighted by Gasteiger charge is 2.30. The number of hydrogen-bond donors (Lipinski definition) is 2. The first-order valence-electron chi connectivity index (χ1n) is 12.5. The zero-order chi connectivity index (χ0) is 28.2. The van der Waals surface area contributed by atoms with Crippen LogP contribution < -0.4 is 20.1 Å². The Kier molecular flexibility index (Phi) is 9.10. The van der Waals surface area contributed by atoms with Crippen molar-refractivity contribution in [3.63, 3.8) is 0 Å². The van der Waals surface area contributed by atoms with E-state index in [1.807, 2.05) is 6.07 Å². The van der Waals surface area contributed by atoms with Crippen LogP contribution in [0, 0.1) is 11.8 Å². The molecule has 1 aliphatic rings. The predicted molar refractivity (Wildman–Crippen MR) is 149 cm³/mol. The number of ether oxygens (including phenoxy) is 2. The molecule has 0 spiro atoms. The molecule has 2 N–H and O–H groups in total. The lowest BCUT2D eigenvalue weighted by Gasteiger charge is -2.30. The van der Waals surface area contributed by atoms with E-state index in [-0.39, 0.29) is 18.3 Å². The van der Waals surface area contributed by atoms with Gasteiger partial charge in [0.1, 0.15) is 24.3 Å². The molecule has 2 heterocycles. The Morgan fingerprint density at radius 1 is 1.08 bits per heavy atom. The van der Waals surface area contributed by atoms with Crippen molar-refractivity contribution in [2.45, 2.75) is 36.5 Å². The second kappa shape index (κ2) is 12.3. The molecule has 1 atom stereocenters. The third kappa shape index (κ3) is 7.26. The number of halogens is 3. The van der Waals surface area contributed by atoms with Gasteiger partial charge in [0.2, 0.25) is 0 Å². The number of likely N-dealkylation sites (tertiary alicyclic amines) is 1. The molecule has 0 radical (unpaired) electrons. The number of aromatic nitrogens is 1. The van der Waals surface area contributed by atoms with E-state index in [9.17, 15) is 17.7 Å². The first-order chi connectivity index (χ1) is 18.6. The number of piperidine rings is 1. The van der Waals surface area contributed by atoms with Crippen LogP contribution in [0.2, 0.25) is 0 Å². The maximum absolute atomic E-state index is 13.6. The summed E-state index contributed by atoms with van der Waals surface area (Å²) in [4.78, 5) is 2.88. The number of rotatable bonds is 8. The van der Waals surface area contributed by atoms with Gasteiger partial charge in [-0.3, -0.25) is 0 Å². The van der Waals surface area contributed by atoms with Gasteiger partial charge in [-0.25, -0.2) is 0 Å². The van der Waals surface area contributed by atoms with Gasteiger partial charge in [0, 0.05) is 35.3 Å². The molecule has 4 rings (SSSR count). The Balaban J connectivity index is 1.65. The van der Waals surface area contributed by atoms with Crippen molar-refractivity contribution in [3.8, 4) is 23.3 Å². The number of nitrogens with zero attached hydrogens (tertiary/aromatic N) is 2. The molecule has 1 aromatic heterocycles. The maximum Gasteiger partial charge on any atom is 0.406 e. The fraction of sp³-hybridized carbons (Fsp3) is 0.429. The van der Waals surface area contributed by atoms with Gasteiger partial charge in [-0.2, -0.15) is 13.2 Å². The van der Waals surface area contributed by atoms with Gasteiger partial charge in [0.05, 0.1) is 37.7 Å². The first kappa shape index (κ1) is 28.8. The van der Waals surface area contributed by atoms with Crippen molar-refractivity contribution >= 4 is 33.5 Å². The molecule has 1 fully saturated rings. The lowest BCUT2D eigenvalue weighted by atomic mass is 10.0. The van der Waals surface area contributed by atoms with E-state index >= 15 is 0 Å². The highest BCUT2D eigenvalue weighted by atomic mass is 32.2. The number of anilines is 2. The smallest absolute Gasteiger partial charge is 0.406 e. The zero-order valence-electron chi connectivity index (χ0n) is 22.4. The largest absolute Gasteiger partial charge is 0.612 e. The molecule has 7 nitrogen and oxygen atoms in total. The van der Waals surface area contributed by atoms with Crippen molar-refractivity contribution in [2.24, 2.45) is 0 Å². The third-order valence-corrected chi connectivity index (χ3v) is 7.65. The fourth-order valence-corrected chi connectivity index (χ4v) is 5.20. The van der Waals surface area contributed by atoms with Crippen molar-refractivity contribution < 1.29 is 27.2 Å². The van der Waals surface area contributed by atoms with E-state index in [2.05, 4.69) is 34.4 Å². The van der Waals surface area contributed by atoms with Gasteiger partial charge >= 0.3 is 6.18 Å². The number of hydrogen-bond acceptors (Lipinski definition) is 6. The maximum atomic E-state index is 13.6. The topological polar surface area (TPSA) is 73.8 Å². The van der Waals surface area contributed by atoms with Crippen LogP contribution in [0.25, 0.3) is 10.9 Å². The molecule has 210 valence electrons. The molecule has 0 bridgehead atoms. The van der Waals surface area contributed by atoms with Crippen LogP contribution in [-0.4, -0.2) is 73.4 Å². The average molecular weight is 563 g/mol. The van der Waals surface area contributed by atoms with E-state index in [1.54, 1.807) is 36.6 Å². The van der Waals surface area contributed by atoms with Gasteiger partial charge in [-0.1, -0.05) is 5.92 Å². The van der Waals surface area contributed by atoms with E-state index in [0.29, 0.717) is 33.0 Å². The molecule has 0 amide bonds. The van der Waals surface area contributed by atoms with Gasteiger partial charge in [-0.05, 0) is 68.3 Å². The van der Waals surface area contributed by atoms with Crippen LogP contribution in [0.5, 0.6) is 11.5 Å². The minimum atomic E-state index is -4.43. The van der Waals surface area contributed by atoms with Crippen molar-refractivity contribution in [3.05, 3.63) is 42.1 Å². The molecule has 3 aromatic rings. The van der Waals surface area contributed by atoms with E-state index in [0.717, 1.165) is 31.6 Å². The Hall–Kier alpha value is -3.20. The highest BCUT2D eigenvalue weighted by molar-refractivity contribution is 7.90. The highest BCUT2D eigenvalue weighted by Crippen LogP contribution is 2.35. The average Bonchev–Trinajstić information content (AvgIpc) is 3.23. The van der Waals surface area contributed by atoms with Crippen LogP contribution in [0.3, 0.4) is 0 Å². The monoisotopic (exact) mass is 562 g/mol. The number of methoxy groups -OCH3 is 2. The van der Waals surface area contributed by atoms with Crippen LogP contribution in [0.4, 0.5) is 24.5 Å². The summed E-state index contributed by atoms with van der Waals surface area (Å²) in [5, 5.41) is 7.33. The quantitative estimate of drug-likeness (QED) is 0.300.